The molecule has 0 amide bonds. The summed E-state index contributed by atoms with van der Waals surface area (Å²) in [6.45, 7) is 10.2. The molecule has 2 aromatic rings. The largest absolute Gasteiger partial charge is 0.370 e. The third kappa shape index (κ3) is 3.29. The summed E-state index contributed by atoms with van der Waals surface area (Å²) in [5.41, 5.74) is 0.961. The van der Waals surface area contributed by atoms with Gasteiger partial charge in [-0.2, -0.15) is 14.6 Å². The molecule has 0 aliphatic carbocycles. The zero-order valence-electron chi connectivity index (χ0n) is 11.6. The quantitative estimate of drug-likeness (QED) is 0.665. The van der Waals surface area contributed by atoms with Crippen LogP contribution in [0.5, 0.6) is 0 Å². The van der Waals surface area contributed by atoms with E-state index < -0.39 is 8.07 Å². The van der Waals surface area contributed by atoms with Crippen LogP contribution in [-0.2, 0) is 0 Å². The second kappa shape index (κ2) is 5.05. The van der Waals surface area contributed by atoms with E-state index >= 15 is 0 Å². The fourth-order valence-corrected chi connectivity index (χ4v) is 3.13. The highest BCUT2D eigenvalue weighted by molar-refractivity contribution is 6.76. The van der Waals surface area contributed by atoms with Gasteiger partial charge in [-0.05, 0) is 13.3 Å². The van der Waals surface area contributed by atoms with Crippen molar-refractivity contribution in [1.82, 2.24) is 19.6 Å². The second-order valence-corrected chi connectivity index (χ2v) is 11.5. The van der Waals surface area contributed by atoms with Crippen molar-refractivity contribution in [2.75, 3.05) is 11.9 Å². The summed E-state index contributed by atoms with van der Waals surface area (Å²) < 4.78 is 1.75. The maximum Gasteiger partial charge on any atom is 0.254 e. The first-order chi connectivity index (χ1) is 8.46. The summed E-state index contributed by atoms with van der Waals surface area (Å²) in [7, 11) is -0.934. The molecule has 0 saturated carbocycles. The van der Waals surface area contributed by atoms with E-state index in [1.807, 2.05) is 13.0 Å². The fraction of sp³-hybridized carbons (Fsp3) is 0.583. The van der Waals surface area contributed by atoms with Gasteiger partial charge in [-0.3, -0.25) is 0 Å². The molecule has 0 aromatic carbocycles. The predicted octanol–water partition coefficient (Wildman–Crippen LogP) is 2.57. The lowest BCUT2D eigenvalue weighted by atomic mass is 10.4. The van der Waals surface area contributed by atoms with Gasteiger partial charge < -0.3 is 5.32 Å². The Kier molecular flexibility index (Phi) is 3.65. The number of aryl methyl sites for hydroxylation is 1. The summed E-state index contributed by atoms with van der Waals surface area (Å²) in [6, 6.07) is 3.35. The summed E-state index contributed by atoms with van der Waals surface area (Å²) in [5, 5.41) is 7.61. The molecule has 2 aromatic heterocycles. The maximum atomic E-state index is 4.32. The van der Waals surface area contributed by atoms with Gasteiger partial charge in [0.05, 0.1) is 0 Å². The van der Waals surface area contributed by atoms with Gasteiger partial charge >= 0.3 is 0 Å². The Hall–Kier alpha value is -1.43. The third-order valence-corrected chi connectivity index (χ3v) is 4.64. The van der Waals surface area contributed by atoms with E-state index in [9.17, 15) is 0 Å². The number of aromatic nitrogens is 4. The van der Waals surface area contributed by atoms with Crippen molar-refractivity contribution in [3.8, 4) is 0 Å². The standard InChI is InChI=1S/C12H21N5Si/c1-10-8-11(13-6-5-7-18(2,3)4)17-12(16-10)14-9-15-17/h8-9,13H,5-7H2,1-4H3. The second-order valence-electron chi connectivity index (χ2n) is 5.85. The van der Waals surface area contributed by atoms with Gasteiger partial charge in [-0.1, -0.05) is 25.7 Å². The molecule has 18 heavy (non-hydrogen) atoms. The van der Waals surface area contributed by atoms with Crippen molar-refractivity contribution >= 4 is 19.7 Å². The van der Waals surface area contributed by atoms with Crippen LogP contribution in [0.3, 0.4) is 0 Å². The first-order valence-corrected chi connectivity index (χ1v) is 10.1. The van der Waals surface area contributed by atoms with Gasteiger partial charge in [0, 0.05) is 26.4 Å². The molecule has 0 aliphatic rings. The Labute approximate surface area is 109 Å². The van der Waals surface area contributed by atoms with E-state index in [2.05, 4.69) is 40.0 Å². The van der Waals surface area contributed by atoms with Crippen LogP contribution in [0.4, 0.5) is 5.82 Å². The molecule has 0 spiro atoms. The van der Waals surface area contributed by atoms with Crippen LogP contribution in [0.25, 0.3) is 5.78 Å². The predicted molar refractivity (Wildman–Crippen MR) is 76.8 cm³/mol. The van der Waals surface area contributed by atoms with E-state index in [1.165, 1.54) is 18.8 Å². The van der Waals surface area contributed by atoms with Crippen molar-refractivity contribution in [2.45, 2.75) is 39.0 Å². The molecule has 0 fully saturated rings. The van der Waals surface area contributed by atoms with Crippen molar-refractivity contribution in [3.63, 3.8) is 0 Å². The highest BCUT2D eigenvalue weighted by atomic mass is 28.3. The van der Waals surface area contributed by atoms with E-state index in [-0.39, 0.29) is 0 Å². The van der Waals surface area contributed by atoms with Gasteiger partial charge in [-0.25, -0.2) is 4.98 Å². The van der Waals surface area contributed by atoms with Crippen molar-refractivity contribution in [3.05, 3.63) is 18.1 Å². The lowest BCUT2D eigenvalue weighted by Crippen LogP contribution is -2.20. The zero-order valence-corrected chi connectivity index (χ0v) is 12.6. The summed E-state index contributed by atoms with van der Waals surface area (Å²) in [5.74, 6) is 1.63. The molecule has 0 aliphatic heterocycles. The number of nitrogens with one attached hydrogen (secondary N) is 1. The van der Waals surface area contributed by atoms with Crippen molar-refractivity contribution in [1.29, 1.82) is 0 Å². The third-order valence-electron chi connectivity index (χ3n) is 2.79. The molecule has 2 heterocycles. The SMILES string of the molecule is Cc1cc(NCCC[Si](C)(C)C)n2ncnc2n1. The van der Waals surface area contributed by atoms with Crippen molar-refractivity contribution < 1.29 is 0 Å². The summed E-state index contributed by atoms with van der Waals surface area (Å²) in [4.78, 5) is 8.44. The molecule has 0 saturated heterocycles. The molecule has 98 valence electrons. The van der Waals surface area contributed by atoms with Crippen LogP contribution in [0.2, 0.25) is 25.7 Å². The molecular formula is C12H21N5Si. The molecular weight excluding hydrogens is 242 g/mol. The van der Waals surface area contributed by atoms with Crippen LogP contribution < -0.4 is 5.32 Å². The zero-order chi connectivity index (χ0) is 13.2. The summed E-state index contributed by atoms with van der Waals surface area (Å²) in [6.07, 6.45) is 2.74. The van der Waals surface area contributed by atoms with Gasteiger partial charge in [-0.15, -0.1) is 0 Å². The van der Waals surface area contributed by atoms with Gasteiger partial charge in [0.1, 0.15) is 12.1 Å². The Morgan fingerprint density at radius 1 is 1.33 bits per heavy atom. The van der Waals surface area contributed by atoms with Crippen LogP contribution >= 0.6 is 0 Å². The average Bonchev–Trinajstić information content (AvgIpc) is 2.70. The Balaban J connectivity index is 2.01. The number of anilines is 1. The molecule has 0 radical (unpaired) electrons. The van der Waals surface area contributed by atoms with Crippen LogP contribution in [0, 0.1) is 6.92 Å². The Morgan fingerprint density at radius 2 is 2.11 bits per heavy atom. The first-order valence-electron chi connectivity index (χ1n) is 6.37. The van der Waals surface area contributed by atoms with E-state index in [0.29, 0.717) is 5.78 Å². The lowest BCUT2D eigenvalue weighted by Gasteiger charge is -2.16. The van der Waals surface area contributed by atoms with E-state index in [4.69, 9.17) is 0 Å². The van der Waals surface area contributed by atoms with Gasteiger partial charge in [0.25, 0.3) is 5.78 Å². The molecule has 2 rings (SSSR count). The van der Waals surface area contributed by atoms with E-state index in [1.54, 1.807) is 4.52 Å². The molecule has 0 unspecified atom stereocenters. The Morgan fingerprint density at radius 3 is 2.83 bits per heavy atom. The number of hydrogen-bond donors (Lipinski definition) is 1. The van der Waals surface area contributed by atoms with Gasteiger partial charge in [0.15, 0.2) is 0 Å². The average molecular weight is 263 g/mol. The molecule has 0 atom stereocenters. The lowest BCUT2D eigenvalue weighted by molar-refractivity contribution is 0.890. The monoisotopic (exact) mass is 263 g/mol. The molecule has 0 bridgehead atoms. The minimum Gasteiger partial charge on any atom is -0.370 e. The van der Waals surface area contributed by atoms with Crippen molar-refractivity contribution in [2.24, 2.45) is 0 Å². The van der Waals surface area contributed by atoms with Crippen LogP contribution in [-0.4, -0.2) is 34.2 Å². The number of nitrogens with zero attached hydrogens (tertiary/aromatic N) is 4. The van der Waals surface area contributed by atoms with Crippen LogP contribution in [0.1, 0.15) is 12.1 Å². The smallest absolute Gasteiger partial charge is 0.254 e. The highest BCUT2D eigenvalue weighted by Crippen LogP contribution is 2.13. The fourth-order valence-electron chi connectivity index (χ4n) is 1.89. The van der Waals surface area contributed by atoms with Gasteiger partial charge in [0.2, 0.25) is 0 Å². The Bertz CT molecular complexity index is 529. The normalized spacial score (nSPS) is 12.0. The first kappa shape index (κ1) is 13.0. The minimum atomic E-state index is -0.934. The molecule has 5 nitrogen and oxygen atoms in total. The molecule has 1 N–H and O–H groups in total. The number of fused-ring (bicyclic) bond motifs is 1. The van der Waals surface area contributed by atoms with E-state index in [0.717, 1.165) is 18.1 Å². The highest BCUT2D eigenvalue weighted by Gasteiger charge is 2.12. The minimum absolute atomic E-state index is 0.655. The topological polar surface area (TPSA) is 55.1 Å². The van der Waals surface area contributed by atoms with Crippen LogP contribution in [0.15, 0.2) is 12.4 Å². The summed E-state index contributed by atoms with van der Waals surface area (Å²) >= 11 is 0. The molecule has 6 heteroatoms. The maximum absolute atomic E-state index is 4.32. The number of rotatable bonds is 5. The number of hydrogen-bond acceptors (Lipinski definition) is 4.